The molecule has 1 amide bonds. The Balaban J connectivity index is 2.03. The molecule has 3 heteroatoms. The zero-order chi connectivity index (χ0) is 14.5. The first-order chi connectivity index (χ1) is 9.63. The fraction of sp³-hybridized carbons (Fsp3) is 0.588. The van der Waals surface area contributed by atoms with Crippen LogP contribution in [0.5, 0.6) is 5.75 Å². The summed E-state index contributed by atoms with van der Waals surface area (Å²) in [5, 5.41) is 0. The van der Waals surface area contributed by atoms with Gasteiger partial charge in [-0.05, 0) is 24.8 Å². The van der Waals surface area contributed by atoms with Gasteiger partial charge in [-0.25, -0.2) is 0 Å². The van der Waals surface area contributed by atoms with Crippen LogP contribution in [0.1, 0.15) is 38.2 Å². The maximum absolute atomic E-state index is 12.5. The fourth-order valence-electron chi connectivity index (χ4n) is 3.19. The highest BCUT2D eigenvalue weighted by Crippen LogP contribution is 2.28. The normalized spacial score (nSPS) is 22.4. The monoisotopic (exact) mass is 275 g/mol. The Morgan fingerprint density at radius 3 is 2.70 bits per heavy atom. The number of para-hydroxylation sites is 1. The van der Waals surface area contributed by atoms with Crippen molar-refractivity contribution in [2.24, 2.45) is 5.92 Å². The van der Waals surface area contributed by atoms with E-state index >= 15 is 0 Å². The van der Waals surface area contributed by atoms with E-state index in [2.05, 4.69) is 6.92 Å². The van der Waals surface area contributed by atoms with Gasteiger partial charge in [0.25, 0.3) is 0 Å². The predicted molar refractivity (Wildman–Crippen MR) is 80.9 cm³/mol. The van der Waals surface area contributed by atoms with Crippen LogP contribution in [0.25, 0.3) is 0 Å². The summed E-state index contributed by atoms with van der Waals surface area (Å²) >= 11 is 0. The van der Waals surface area contributed by atoms with Crippen molar-refractivity contribution in [1.82, 2.24) is 4.90 Å². The van der Waals surface area contributed by atoms with Crippen molar-refractivity contribution in [2.45, 2.75) is 45.1 Å². The first-order valence-electron chi connectivity index (χ1n) is 7.51. The number of nitrogens with zero attached hydrogens (tertiary/aromatic N) is 1. The zero-order valence-electron chi connectivity index (χ0n) is 12.8. The molecule has 20 heavy (non-hydrogen) atoms. The first-order valence-corrected chi connectivity index (χ1v) is 7.51. The summed E-state index contributed by atoms with van der Waals surface area (Å²) in [6.45, 7) is 2.26. The van der Waals surface area contributed by atoms with Crippen LogP contribution in [0.3, 0.4) is 0 Å². The maximum Gasteiger partial charge on any atom is 0.227 e. The van der Waals surface area contributed by atoms with Crippen LogP contribution < -0.4 is 4.74 Å². The number of hydrogen-bond acceptors (Lipinski definition) is 2. The zero-order valence-corrected chi connectivity index (χ0v) is 12.8. The number of amides is 1. The fourth-order valence-corrected chi connectivity index (χ4v) is 3.19. The molecular weight excluding hydrogens is 250 g/mol. The summed E-state index contributed by atoms with van der Waals surface area (Å²) in [6.07, 6.45) is 5.32. The molecule has 1 saturated carbocycles. The van der Waals surface area contributed by atoms with E-state index in [4.69, 9.17) is 4.74 Å². The molecule has 1 aliphatic carbocycles. The Hall–Kier alpha value is -1.51. The number of methoxy groups -OCH3 is 1. The standard InChI is InChI=1S/C17H25NO2/c1-13-8-4-6-10-15(13)18(2)17(19)12-14-9-5-7-11-16(14)20-3/h5,7,9,11,13,15H,4,6,8,10,12H2,1-3H3. The smallest absolute Gasteiger partial charge is 0.227 e. The van der Waals surface area contributed by atoms with Crippen LogP contribution in [-0.4, -0.2) is 31.0 Å². The molecular formula is C17H25NO2. The van der Waals surface area contributed by atoms with Crippen molar-refractivity contribution in [1.29, 1.82) is 0 Å². The summed E-state index contributed by atoms with van der Waals surface area (Å²) in [5.41, 5.74) is 0.968. The van der Waals surface area contributed by atoms with Gasteiger partial charge in [0.1, 0.15) is 5.75 Å². The van der Waals surface area contributed by atoms with Crippen molar-refractivity contribution in [3.8, 4) is 5.75 Å². The van der Waals surface area contributed by atoms with Crippen molar-refractivity contribution < 1.29 is 9.53 Å². The van der Waals surface area contributed by atoms with E-state index in [0.717, 1.165) is 17.7 Å². The second-order valence-electron chi connectivity index (χ2n) is 5.82. The highest BCUT2D eigenvalue weighted by atomic mass is 16.5. The van der Waals surface area contributed by atoms with Gasteiger partial charge in [0, 0.05) is 18.7 Å². The molecule has 1 aromatic carbocycles. The average Bonchev–Trinajstić information content (AvgIpc) is 2.47. The minimum Gasteiger partial charge on any atom is -0.496 e. The Bertz CT molecular complexity index is 458. The first kappa shape index (κ1) is 14.9. The number of benzene rings is 1. The van der Waals surface area contributed by atoms with Crippen LogP contribution in [0.2, 0.25) is 0 Å². The third-order valence-electron chi connectivity index (χ3n) is 4.49. The van der Waals surface area contributed by atoms with Crippen molar-refractivity contribution >= 4 is 5.91 Å². The lowest BCUT2D eigenvalue weighted by Gasteiger charge is -2.36. The second-order valence-corrected chi connectivity index (χ2v) is 5.82. The van der Waals surface area contributed by atoms with Gasteiger partial charge < -0.3 is 9.64 Å². The van der Waals surface area contributed by atoms with Gasteiger partial charge in [0.15, 0.2) is 0 Å². The number of rotatable bonds is 4. The average molecular weight is 275 g/mol. The summed E-state index contributed by atoms with van der Waals surface area (Å²) in [7, 11) is 3.60. The molecule has 0 aromatic heterocycles. The molecule has 2 atom stereocenters. The van der Waals surface area contributed by atoms with Crippen LogP contribution in [0.4, 0.5) is 0 Å². The molecule has 110 valence electrons. The van der Waals surface area contributed by atoms with Crippen LogP contribution in [-0.2, 0) is 11.2 Å². The third-order valence-corrected chi connectivity index (χ3v) is 4.49. The summed E-state index contributed by atoms with van der Waals surface area (Å²) in [4.78, 5) is 14.5. The van der Waals surface area contributed by atoms with E-state index in [-0.39, 0.29) is 5.91 Å². The van der Waals surface area contributed by atoms with Crippen LogP contribution in [0.15, 0.2) is 24.3 Å². The molecule has 0 radical (unpaired) electrons. The van der Waals surface area contributed by atoms with Gasteiger partial charge in [-0.1, -0.05) is 38.0 Å². The van der Waals surface area contributed by atoms with Crippen LogP contribution in [0, 0.1) is 5.92 Å². The molecule has 1 aromatic rings. The summed E-state index contributed by atoms with van der Waals surface area (Å²) < 4.78 is 5.32. The van der Waals surface area contributed by atoms with E-state index < -0.39 is 0 Å². The molecule has 0 spiro atoms. The molecule has 2 rings (SSSR count). The summed E-state index contributed by atoms with van der Waals surface area (Å²) in [6, 6.07) is 8.15. The van der Waals surface area contributed by atoms with Crippen molar-refractivity contribution in [3.63, 3.8) is 0 Å². The molecule has 2 unspecified atom stereocenters. The lowest BCUT2D eigenvalue weighted by atomic mass is 9.85. The van der Waals surface area contributed by atoms with E-state index in [1.165, 1.54) is 19.3 Å². The number of carbonyl (C=O) groups is 1. The Morgan fingerprint density at radius 1 is 1.30 bits per heavy atom. The van der Waals surface area contributed by atoms with Gasteiger partial charge in [-0.2, -0.15) is 0 Å². The number of likely N-dealkylation sites (N-methyl/N-ethyl adjacent to an activating group) is 1. The van der Waals surface area contributed by atoms with Crippen molar-refractivity contribution in [2.75, 3.05) is 14.2 Å². The predicted octanol–water partition coefficient (Wildman–Crippen LogP) is 3.27. The Labute approximate surface area is 121 Å². The van der Waals surface area contributed by atoms with Gasteiger partial charge in [0.05, 0.1) is 13.5 Å². The van der Waals surface area contributed by atoms with Crippen LogP contribution >= 0.6 is 0 Å². The van der Waals surface area contributed by atoms with E-state index in [9.17, 15) is 4.79 Å². The molecule has 3 nitrogen and oxygen atoms in total. The maximum atomic E-state index is 12.5. The summed E-state index contributed by atoms with van der Waals surface area (Å²) in [5.74, 6) is 1.59. The molecule has 1 aliphatic rings. The Kier molecular flexibility index (Phi) is 5.05. The highest BCUT2D eigenvalue weighted by molar-refractivity contribution is 5.79. The third kappa shape index (κ3) is 3.33. The lowest BCUT2D eigenvalue weighted by Crippen LogP contribution is -2.43. The van der Waals surface area contributed by atoms with Gasteiger partial charge in [-0.15, -0.1) is 0 Å². The van der Waals surface area contributed by atoms with Gasteiger partial charge >= 0.3 is 0 Å². The molecule has 0 heterocycles. The van der Waals surface area contributed by atoms with Gasteiger partial charge in [-0.3, -0.25) is 4.79 Å². The molecule has 0 bridgehead atoms. The van der Waals surface area contributed by atoms with Crippen molar-refractivity contribution in [3.05, 3.63) is 29.8 Å². The molecule has 1 fully saturated rings. The topological polar surface area (TPSA) is 29.5 Å². The minimum atomic E-state index is 0.188. The van der Waals surface area contributed by atoms with E-state index in [0.29, 0.717) is 18.4 Å². The SMILES string of the molecule is COc1ccccc1CC(=O)N(C)C1CCCCC1C. The van der Waals surface area contributed by atoms with E-state index in [1.54, 1.807) is 7.11 Å². The largest absolute Gasteiger partial charge is 0.496 e. The molecule has 0 aliphatic heterocycles. The van der Waals surface area contributed by atoms with E-state index in [1.807, 2.05) is 36.2 Å². The number of hydrogen-bond donors (Lipinski definition) is 0. The molecule has 0 N–H and O–H groups in total. The molecule has 0 saturated heterocycles. The van der Waals surface area contributed by atoms with Gasteiger partial charge in [0.2, 0.25) is 5.91 Å². The quantitative estimate of drug-likeness (QED) is 0.844. The Morgan fingerprint density at radius 2 is 2.00 bits per heavy atom. The highest BCUT2D eigenvalue weighted by Gasteiger charge is 2.27. The second kappa shape index (κ2) is 6.78. The minimum absolute atomic E-state index is 0.188. The number of carbonyl (C=O) groups excluding carboxylic acids is 1. The lowest BCUT2D eigenvalue weighted by molar-refractivity contribution is -0.132. The number of ether oxygens (including phenoxy) is 1.